The van der Waals surface area contributed by atoms with E-state index in [4.69, 9.17) is 21.5 Å². The van der Waals surface area contributed by atoms with Crippen LogP contribution in [0.5, 0.6) is 0 Å². The quantitative estimate of drug-likeness (QED) is 0.156. The van der Waals surface area contributed by atoms with Crippen molar-refractivity contribution in [2.75, 3.05) is 0 Å². The van der Waals surface area contributed by atoms with E-state index in [1.165, 1.54) is 33.0 Å². The van der Waals surface area contributed by atoms with Crippen LogP contribution >= 0.6 is 0 Å². The Morgan fingerprint density at radius 3 is 1.19 bits per heavy atom. The lowest BCUT2D eigenvalue weighted by molar-refractivity contribution is 0.568. The van der Waals surface area contributed by atoms with Gasteiger partial charge in [-0.3, -0.25) is 0 Å². The average molecular weight is 965 g/mol. The molecule has 0 amide bonds. The van der Waals surface area contributed by atoms with Crippen LogP contribution in [0.3, 0.4) is 0 Å². The second-order valence-corrected chi connectivity index (χ2v) is 24.2. The van der Waals surface area contributed by atoms with Gasteiger partial charge in [-0.15, -0.1) is 0 Å². The number of benzene rings is 8. The molecule has 3 heterocycles. The van der Waals surface area contributed by atoms with Crippen molar-refractivity contribution in [2.24, 2.45) is 0 Å². The van der Waals surface area contributed by atoms with Gasteiger partial charge in [0.25, 0.3) is 0 Å². The van der Waals surface area contributed by atoms with Crippen LogP contribution in [0, 0.1) is 6.57 Å². The topological polar surface area (TPSA) is 52.9 Å². The van der Waals surface area contributed by atoms with E-state index in [0.29, 0.717) is 23.2 Å². The molecule has 74 heavy (non-hydrogen) atoms. The highest BCUT2D eigenvalue weighted by atomic mass is 15.1. The summed E-state index contributed by atoms with van der Waals surface area (Å²) in [6.45, 7) is 35.3. The Morgan fingerprint density at radius 2 is 0.730 bits per heavy atom. The zero-order chi connectivity index (χ0) is 52.1. The first kappa shape index (κ1) is 48.1. The molecule has 0 N–H and O–H groups in total. The fourth-order valence-corrected chi connectivity index (χ4v) is 10.5. The molecule has 11 aromatic rings. The number of hydrogen-bond donors (Lipinski definition) is 0. The van der Waals surface area contributed by atoms with Crippen molar-refractivity contribution in [1.82, 2.24) is 24.1 Å². The van der Waals surface area contributed by atoms with Gasteiger partial charge in [0.05, 0.1) is 40.0 Å². The summed E-state index contributed by atoms with van der Waals surface area (Å²) in [4.78, 5) is 20.7. The van der Waals surface area contributed by atoms with Crippen LogP contribution in [0.4, 0.5) is 5.69 Å². The van der Waals surface area contributed by atoms with Gasteiger partial charge in [0.1, 0.15) is 0 Å². The normalized spacial score (nSPS) is 12.6. The molecule has 0 unspecified atom stereocenters. The predicted octanol–water partition coefficient (Wildman–Crippen LogP) is 18.5. The number of fused-ring (bicyclic) bond motifs is 6. The van der Waals surface area contributed by atoms with Crippen molar-refractivity contribution in [3.8, 4) is 56.7 Å². The van der Waals surface area contributed by atoms with E-state index in [0.717, 1.165) is 72.0 Å². The van der Waals surface area contributed by atoms with Gasteiger partial charge < -0.3 is 9.13 Å². The molecule has 11 rings (SSSR count). The summed E-state index contributed by atoms with van der Waals surface area (Å²) >= 11 is 0. The Morgan fingerprint density at radius 1 is 0.338 bits per heavy atom. The first-order chi connectivity index (χ1) is 35.2. The highest BCUT2D eigenvalue weighted by Gasteiger charge is 2.27. The fraction of sp³-hybridized carbons (Fsp3) is 0.235. The van der Waals surface area contributed by atoms with Crippen LogP contribution in [0.15, 0.2) is 170 Å². The SMILES string of the molecule is [C-]#[N+]c1ccc2c(c1)c1ccccc1n2-c1ccc(-c2ccccc2-n2c3ccccc3c3ccccc32)cc1-c1nc(-c2cc(C(C)(C)C)cc(C(C)(C)C)c2)nc(-c2cc(C(C)(C)C)cc(C(C)(C)C)c2)n1. The molecular formula is C68H64N6. The smallest absolute Gasteiger partial charge is 0.188 e. The molecular weight excluding hydrogens is 901 g/mol. The zero-order valence-corrected chi connectivity index (χ0v) is 44.8. The number of para-hydroxylation sites is 4. The molecule has 0 bridgehead atoms. The number of rotatable bonds is 6. The molecule has 0 spiro atoms. The van der Waals surface area contributed by atoms with Crippen LogP contribution in [-0.4, -0.2) is 24.1 Å². The molecule has 0 aliphatic heterocycles. The first-order valence-corrected chi connectivity index (χ1v) is 25.9. The van der Waals surface area contributed by atoms with E-state index in [1.54, 1.807) is 0 Å². The van der Waals surface area contributed by atoms with Crippen LogP contribution < -0.4 is 0 Å². The molecule has 6 heteroatoms. The number of aromatic nitrogens is 5. The maximum Gasteiger partial charge on any atom is 0.188 e. The van der Waals surface area contributed by atoms with Gasteiger partial charge in [-0.25, -0.2) is 19.8 Å². The molecule has 0 saturated heterocycles. The molecule has 6 nitrogen and oxygen atoms in total. The van der Waals surface area contributed by atoms with E-state index in [9.17, 15) is 0 Å². The molecule has 0 radical (unpaired) electrons. The minimum absolute atomic E-state index is 0.133. The van der Waals surface area contributed by atoms with Crippen molar-refractivity contribution in [3.63, 3.8) is 0 Å². The van der Waals surface area contributed by atoms with Crippen LogP contribution in [-0.2, 0) is 21.7 Å². The van der Waals surface area contributed by atoms with Gasteiger partial charge in [-0.2, -0.15) is 0 Å². The van der Waals surface area contributed by atoms with Crippen molar-refractivity contribution in [1.29, 1.82) is 0 Å². The summed E-state index contributed by atoms with van der Waals surface area (Å²) in [5.74, 6) is 1.80. The van der Waals surface area contributed by atoms with Crippen LogP contribution in [0.2, 0.25) is 0 Å². The molecule has 0 atom stereocenters. The van der Waals surface area contributed by atoms with E-state index in [2.05, 4.69) is 255 Å². The van der Waals surface area contributed by atoms with Gasteiger partial charge in [0.2, 0.25) is 0 Å². The van der Waals surface area contributed by atoms with Gasteiger partial charge in [0, 0.05) is 38.4 Å². The largest absolute Gasteiger partial charge is 0.309 e. The second kappa shape index (κ2) is 17.5. The van der Waals surface area contributed by atoms with E-state index in [1.807, 2.05) is 12.1 Å². The van der Waals surface area contributed by atoms with Crippen molar-refractivity contribution in [2.45, 2.75) is 105 Å². The standard InChI is InChI=1S/C68H64N6/c1-65(2,3)45-34-43(35-46(39-45)66(4,5)6)62-70-63(44-36-47(67(7,8)9)40-48(37-44)68(10,11)12)72-64(71-62)55-38-42(30-32-61(55)74-59-29-21-17-25-53(59)54-41-49(69-13)31-33-60(54)74)50-22-14-18-26-56(50)73-57-27-19-15-23-51(57)52-24-16-20-28-58(52)73/h14-41H,1-12H3. The minimum atomic E-state index is -0.133. The minimum Gasteiger partial charge on any atom is -0.309 e. The predicted molar refractivity (Wildman–Crippen MR) is 311 cm³/mol. The fourth-order valence-electron chi connectivity index (χ4n) is 10.5. The molecule has 0 fully saturated rings. The molecule has 0 saturated carbocycles. The molecule has 3 aromatic heterocycles. The zero-order valence-electron chi connectivity index (χ0n) is 44.8. The third kappa shape index (κ3) is 8.54. The van der Waals surface area contributed by atoms with Crippen molar-refractivity contribution < 1.29 is 0 Å². The van der Waals surface area contributed by atoms with E-state index in [-0.39, 0.29) is 21.7 Å². The Bertz CT molecular complexity index is 3860. The van der Waals surface area contributed by atoms with Crippen LogP contribution in [0.1, 0.15) is 105 Å². The van der Waals surface area contributed by atoms with Gasteiger partial charge in [-0.05, 0) is 128 Å². The number of hydrogen-bond acceptors (Lipinski definition) is 3. The lowest BCUT2D eigenvalue weighted by Gasteiger charge is -2.26. The van der Waals surface area contributed by atoms with Crippen molar-refractivity contribution >= 4 is 49.3 Å². The monoisotopic (exact) mass is 965 g/mol. The Labute approximate surface area is 436 Å². The Kier molecular flexibility index (Phi) is 11.4. The molecule has 0 aliphatic rings. The highest BCUT2D eigenvalue weighted by molar-refractivity contribution is 6.11. The van der Waals surface area contributed by atoms with Gasteiger partial charge in [0.15, 0.2) is 23.2 Å². The Hall–Kier alpha value is -8.14. The average Bonchev–Trinajstić information content (AvgIpc) is 3.90. The van der Waals surface area contributed by atoms with E-state index >= 15 is 0 Å². The summed E-state index contributed by atoms with van der Waals surface area (Å²) in [6.07, 6.45) is 0. The van der Waals surface area contributed by atoms with Crippen LogP contribution in [0.25, 0.3) is 105 Å². The molecule has 366 valence electrons. The molecule has 0 aliphatic carbocycles. The Balaban J connectivity index is 1.26. The second-order valence-electron chi connectivity index (χ2n) is 24.2. The van der Waals surface area contributed by atoms with Gasteiger partial charge in [-0.1, -0.05) is 180 Å². The summed E-state index contributed by atoms with van der Waals surface area (Å²) in [5.41, 5.74) is 16.1. The number of nitrogens with zero attached hydrogens (tertiary/aromatic N) is 6. The summed E-state index contributed by atoms with van der Waals surface area (Å²) in [6, 6.07) is 61.2. The third-order valence-electron chi connectivity index (χ3n) is 14.8. The van der Waals surface area contributed by atoms with Gasteiger partial charge >= 0.3 is 0 Å². The maximum absolute atomic E-state index is 7.97. The lowest BCUT2D eigenvalue weighted by atomic mass is 9.79. The summed E-state index contributed by atoms with van der Waals surface area (Å²) < 4.78 is 4.73. The highest BCUT2D eigenvalue weighted by Crippen LogP contribution is 2.43. The van der Waals surface area contributed by atoms with Crippen molar-refractivity contribution in [3.05, 3.63) is 204 Å². The lowest BCUT2D eigenvalue weighted by Crippen LogP contribution is -2.17. The van der Waals surface area contributed by atoms with E-state index < -0.39 is 0 Å². The third-order valence-corrected chi connectivity index (χ3v) is 14.8. The maximum atomic E-state index is 7.97. The summed E-state index contributed by atoms with van der Waals surface area (Å²) in [5, 5.41) is 4.50. The molecule has 8 aromatic carbocycles. The first-order valence-electron chi connectivity index (χ1n) is 25.9. The summed E-state index contributed by atoms with van der Waals surface area (Å²) in [7, 11) is 0.